The molecule has 0 aromatic carbocycles. The lowest BCUT2D eigenvalue weighted by molar-refractivity contribution is 0.259. The molecule has 0 aliphatic heterocycles. The van der Waals surface area contributed by atoms with Crippen LogP contribution in [0.5, 0.6) is 0 Å². The number of hydrogen-bond acceptors (Lipinski definition) is 2. The van der Waals surface area contributed by atoms with Crippen LogP contribution >= 0.6 is 0 Å². The molecular weight excluding hydrogens is 174 g/mol. The monoisotopic (exact) mass is 193 g/mol. The maximum Gasteiger partial charge on any atom is 0.123 e. The van der Waals surface area contributed by atoms with Gasteiger partial charge in [-0.3, -0.25) is 0 Å². The lowest BCUT2D eigenvalue weighted by Gasteiger charge is -2.29. The Morgan fingerprint density at radius 1 is 1.64 bits per heavy atom. The molecule has 1 fully saturated rings. The molecule has 78 valence electrons. The first-order valence-corrected chi connectivity index (χ1v) is 5.62. The predicted octanol–water partition coefficient (Wildman–Crippen LogP) is 2.25. The van der Waals surface area contributed by atoms with Gasteiger partial charge in [-0.2, -0.15) is 0 Å². The maximum absolute atomic E-state index is 4.33. The Kier molecular flexibility index (Phi) is 3.19. The van der Waals surface area contributed by atoms with Crippen molar-refractivity contribution in [3.63, 3.8) is 0 Å². The molecule has 0 radical (unpaired) electrons. The number of aromatic nitrogens is 2. The summed E-state index contributed by atoms with van der Waals surface area (Å²) in [7, 11) is 0. The average molecular weight is 193 g/mol. The zero-order valence-corrected chi connectivity index (χ0v) is 8.79. The molecule has 2 rings (SSSR count). The van der Waals surface area contributed by atoms with Crippen LogP contribution in [0.15, 0.2) is 12.4 Å². The van der Waals surface area contributed by atoms with Crippen molar-refractivity contribution < 1.29 is 0 Å². The number of nitrogens with zero attached hydrogens (tertiary/aromatic N) is 1. The van der Waals surface area contributed by atoms with Crippen LogP contribution in [-0.4, -0.2) is 16.5 Å². The van der Waals surface area contributed by atoms with E-state index in [9.17, 15) is 0 Å². The number of aromatic amines is 1. The van der Waals surface area contributed by atoms with E-state index < -0.39 is 0 Å². The molecule has 0 saturated heterocycles. The van der Waals surface area contributed by atoms with Crippen LogP contribution in [0.3, 0.4) is 0 Å². The van der Waals surface area contributed by atoms with Gasteiger partial charge in [-0.25, -0.2) is 4.98 Å². The van der Waals surface area contributed by atoms with E-state index in [4.69, 9.17) is 0 Å². The van der Waals surface area contributed by atoms with E-state index in [-0.39, 0.29) is 0 Å². The van der Waals surface area contributed by atoms with Gasteiger partial charge in [0.2, 0.25) is 0 Å². The van der Waals surface area contributed by atoms with Gasteiger partial charge in [-0.15, -0.1) is 0 Å². The minimum Gasteiger partial charge on any atom is -0.347 e. The summed E-state index contributed by atoms with van der Waals surface area (Å²) in [5.74, 6) is 2.02. The third kappa shape index (κ3) is 2.15. The van der Waals surface area contributed by atoms with E-state index in [0.717, 1.165) is 18.3 Å². The molecule has 1 saturated carbocycles. The summed E-state index contributed by atoms with van der Waals surface area (Å²) in [5.41, 5.74) is 0. The first-order valence-electron chi connectivity index (χ1n) is 5.62. The van der Waals surface area contributed by atoms with Crippen molar-refractivity contribution in [2.75, 3.05) is 6.54 Å². The van der Waals surface area contributed by atoms with Gasteiger partial charge < -0.3 is 10.3 Å². The van der Waals surface area contributed by atoms with Crippen LogP contribution in [0, 0.1) is 5.92 Å². The molecule has 1 atom stereocenters. The van der Waals surface area contributed by atoms with E-state index in [1.807, 2.05) is 12.4 Å². The fourth-order valence-corrected chi connectivity index (χ4v) is 2.07. The molecule has 0 spiro atoms. The molecule has 1 heterocycles. The van der Waals surface area contributed by atoms with E-state index in [1.165, 1.54) is 25.7 Å². The fraction of sp³-hybridized carbons (Fsp3) is 0.727. The summed E-state index contributed by atoms with van der Waals surface area (Å²) in [6.07, 6.45) is 9.20. The number of rotatable bonds is 5. The Bertz CT molecular complexity index is 252. The number of imidazole rings is 1. The Hall–Kier alpha value is -0.830. The fourth-order valence-electron chi connectivity index (χ4n) is 2.07. The number of nitrogens with one attached hydrogen (secondary N) is 2. The third-order valence-electron chi connectivity index (χ3n) is 3.09. The maximum atomic E-state index is 4.33. The normalized spacial score (nSPS) is 19.2. The summed E-state index contributed by atoms with van der Waals surface area (Å²) in [6, 6.07) is 0.431. The van der Waals surface area contributed by atoms with Gasteiger partial charge >= 0.3 is 0 Å². The SMILES string of the molecule is CCNC(CC1CCC1)c1ncc[nH]1. The summed E-state index contributed by atoms with van der Waals surface area (Å²) in [5, 5.41) is 3.49. The number of hydrogen-bond donors (Lipinski definition) is 2. The Balaban J connectivity index is 1.92. The van der Waals surface area contributed by atoms with Gasteiger partial charge in [-0.05, 0) is 18.9 Å². The van der Waals surface area contributed by atoms with Crippen molar-refractivity contribution in [1.29, 1.82) is 0 Å². The first-order chi connectivity index (χ1) is 6.90. The van der Waals surface area contributed by atoms with Crippen LogP contribution in [-0.2, 0) is 0 Å². The lowest BCUT2D eigenvalue weighted by Crippen LogP contribution is -2.26. The van der Waals surface area contributed by atoms with Crippen LogP contribution in [0.4, 0.5) is 0 Å². The van der Waals surface area contributed by atoms with Crippen LogP contribution in [0.2, 0.25) is 0 Å². The van der Waals surface area contributed by atoms with E-state index in [1.54, 1.807) is 0 Å². The molecule has 0 bridgehead atoms. The quantitative estimate of drug-likeness (QED) is 0.753. The van der Waals surface area contributed by atoms with Crippen molar-refractivity contribution in [2.45, 2.75) is 38.6 Å². The van der Waals surface area contributed by atoms with Crippen molar-refractivity contribution in [2.24, 2.45) is 5.92 Å². The highest BCUT2D eigenvalue weighted by atomic mass is 15.0. The Labute approximate surface area is 85.3 Å². The molecule has 14 heavy (non-hydrogen) atoms. The second-order valence-electron chi connectivity index (χ2n) is 4.12. The Morgan fingerprint density at radius 3 is 3.00 bits per heavy atom. The molecule has 3 nitrogen and oxygen atoms in total. The molecule has 3 heteroatoms. The van der Waals surface area contributed by atoms with Gasteiger partial charge in [0.25, 0.3) is 0 Å². The molecule has 1 aromatic heterocycles. The van der Waals surface area contributed by atoms with Crippen molar-refractivity contribution in [1.82, 2.24) is 15.3 Å². The summed E-state index contributed by atoms with van der Waals surface area (Å²) in [4.78, 5) is 7.53. The van der Waals surface area contributed by atoms with Gasteiger partial charge in [0, 0.05) is 12.4 Å². The molecular formula is C11H19N3. The van der Waals surface area contributed by atoms with Crippen LogP contribution in [0.25, 0.3) is 0 Å². The second-order valence-corrected chi connectivity index (χ2v) is 4.12. The smallest absolute Gasteiger partial charge is 0.123 e. The minimum absolute atomic E-state index is 0.431. The zero-order valence-electron chi connectivity index (χ0n) is 8.79. The highest BCUT2D eigenvalue weighted by molar-refractivity contribution is 4.96. The van der Waals surface area contributed by atoms with Crippen molar-refractivity contribution >= 4 is 0 Å². The summed E-state index contributed by atoms with van der Waals surface area (Å²) < 4.78 is 0. The number of H-pyrrole nitrogens is 1. The summed E-state index contributed by atoms with van der Waals surface area (Å²) >= 11 is 0. The van der Waals surface area contributed by atoms with E-state index >= 15 is 0 Å². The van der Waals surface area contributed by atoms with Crippen molar-refractivity contribution in [3.8, 4) is 0 Å². The third-order valence-corrected chi connectivity index (χ3v) is 3.09. The summed E-state index contributed by atoms with van der Waals surface area (Å²) in [6.45, 7) is 3.16. The minimum atomic E-state index is 0.431. The standard InChI is InChI=1S/C11H19N3/c1-2-12-10(8-9-4-3-5-9)11-13-6-7-14-11/h6-7,9-10,12H,2-5,8H2,1H3,(H,13,14). The molecule has 2 N–H and O–H groups in total. The largest absolute Gasteiger partial charge is 0.347 e. The highest BCUT2D eigenvalue weighted by Crippen LogP contribution is 2.33. The topological polar surface area (TPSA) is 40.7 Å². The highest BCUT2D eigenvalue weighted by Gasteiger charge is 2.23. The van der Waals surface area contributed by atoms with Gasteiger partial charge in [-0.1, -0.05) is 26.2 Å². The van der Waals surface area contributed by atoms with E-state index in [0.29, 0.717) is 6.04 Å². The van der Waals surface area contributed by atoms with Gasteiger partial charge in [0.05, 0.1) is 6.04 Å². The predicted molar refractivity (Wildman–Crippen MR) is 57.0 cm³/mol. The lowest BCUT2D eigenvalue weighted by atomic mass is 9.80. The molecule has 1 aliphatic carbocycles. The average Bonchev–Trinajstić information content (AvgIpc) is 2.61. The zero-order chi connectivity index (χ0) is 9.80. The molecule has 1 aliphatic rings. The van der Waals surface area contributed by atoms with Gasteiger partial charge in [0.15, 0.2) is 0 Å². The van der Waals surface area contributed by atoms with Crippen molar-refractivity contribution in [3.05, 3.63) is 18.2 Å². The second kappa shape index (κ2) is 4.60. The molecule has 1 aromatic rings. The Morgan fingerprint density at radius 2 is 2.50 bits per heavy atom. The van der Waals surface area contributed by atoms with Gasteiger partial charge in [0.1, 0.15) is 5.82 Å². The molecule has 0 amide bonds. The first kappa shape index (κ1) is 9.71. The van der Waals surface area contributed by atoms with Crippen LogP contribution < -0.4 is 5.32 Å². The van der Waals surface area contributed by atoms with E-state index in [2.05, 4.69) is 22.2 Å². The van der Waals surface area contributed by atoms with Crippen LogP contribution in [0.1, 0.15) is 44.5 Å². The molecule has 1 unspecified atom stereocenters.